The molecule has 1 heterocycles. The maximum Gasteiger partial charge on any atom is 0.220 e. The normalized spacial score (nSPS) is 25.9. The van der Waals surface area contributed by atoms with Gasteiger partial charge in [0.1, 0.15) is 5.60 Å². The summed E-state index contributed by atoms with van der Waals surface area (Å²) in [5, 5.41) is 12.6. The van der Waals surface area contributed by atoms with E-state index in [9.17, 15) is 9.90 Å². The maximum atomic E-state index is 11.4. The van der Waals surface area contributed by atoms with Gasteiger partial charge in [-0.05, 0) is 12.3 Å². The van der Waals surface area contributed by atoms with Crippen molar-refractivity contribution in [3.05, 3.63) is 0 Å². The first kappa shape index (κ1) is 12.5. The zero-order valence-corrected chi connectivity index (χ0v) is 9.58. The van der Waals surface area contributed by atoms with Crippen LogP contribution in [-0.2, 0) is 9.53 Å². The molecule has 88 valence electrons. The molecule has 1 fully saturated rings. The predicted molar refractivity (Wildman–Crippen MR) is 57.5 cm³/mol. The Bertz CT molecular complexity index is 210. The highest BCUT2D eigenvalue weighted by molar-refractivity contribution is 5.75. The molecule has 1 aliphatic rings. The second-order valence-corrected chi connectivity index (χ2v) is 4.74. The standard InChI is InChI=1S/C11H21NO3/c1-9(2)3-4-10(13)12-7-11(14)5-6-15-8-11/h9,14H,3-8H2,1-2H3,(H,12,13)/t11-/m0/s1. The Hall–Kier alpha value is -0.610. The fraction of sp³-hybridized carbons (Fsp3) is 0.909. The van der Waals surface area contributed by atoms with Gasteiger partial charge in [-0.25, -0.2) is 0 Å². The Balaban J connectivity index is 2.16. The van der Waals surface area contributed by atoms with Gasteiger partial charge in [-0.15, -0.1) is 0 Å². The molecule has 1 aliphatic heterocycles. The topological polar surface area (TPSA) is 58.6 Å². The molecule has 0 radical (unpaired) electrons. The van der Waals surface area contributed by atoms with Gasteiger partial charge in [0.25, 0.3) is 0 Å². The molecule has 0 unspecified atom stereocenters. The highest BCUT2D eigenvalue weighted by Crippen LogP contribution is 2.16. The summed E-state index contributed by atoms with van der Waals surface area (Å²) >= 11 is 0. The number of amides is 1. The van der Waals surface area contributed by atoms with Gasteiger partial charge in [-0.3, -0.25) is 4.79 Å². The van der Waals surface area contributed by atoms with Crippen molar-refractivity contribution in [1.29, 1.82) is 0 Å². The first-order valence-electron chi connectivity index (χ1n) is 5.59. The number of nitrogens with one attached hydrogen (secondary N) is 1. The van der Waals surface area contributed by atoms with Crippen molar-refractivity contribution in [2.75, 3.05) is 19.8 Å². The molecular weight excluding hydrogens is 194 g/mol. The molecule has 1 saturated heterocycles. The number of hydrogen-bond acceptors (Lipinski definition) is 3. The quantitative estimate of drug-likeness (QED) is 0.709. The van der Waals surface area contributed by atoms with E-state index in [1.807, 2.05) is 0 Å². The summed E-state index contributed by atoms with van der Waals surface area (Å²) in [4.78, 5) is 11.4. The van der Waals surface area contributed by atoms with Gasteiger partial charge >= 0.3 is 0 Å². The minimum Gasteiger partial charge on any atom is -0.386 e. The van der Waals surface area contributed by atoms with Crippen LogP contribution < -0.4 is 5.32 Å². The van der Waals surface area contributed by atoms with Gasteiger partial charge < -0.3 is 15.2 Å². The summed E-state index contributed by atoms with van der Waals surface area (Å²) in [5.74, 6) is 0.553. The molecule has 0 aromatic heterocycles. The third kappa shape index (κ3) is 4.62. The lowest BCUT2D eigenvalue weighted by Gasteiger charge is -2.20. The van der Waals surface area contributed by atoms with Crippen LogP contribution in [0.25, 0.3) is 0 Å². The van der Waals surface area contributed by atoms with E-state index in [1.165, 1.54) is 0 Å². The highest BCUT2D eigenvalue weighted by Gasteiger charge is 2.32. The number of rotatable bonds is 5. The molecule has 15 heavy (non-hydrogen) atoms. The van der Waals surface area contributed by atoms with E-state index in [0.29, 0.717) is 38.5 Å². The monoisotopic (exact) mass is 215 g/mol. The van der Waals surface area contributed by atoms with Crippen LogP contribution in [0.1, 0.15) is 33.1 Å². The van der Waals surface area contributed by atoms with E-state index in [2.05, 4.69) is 19.2 Å². The summed E-state index contributed by atoms with van der Waals surface area (Å²) in [5.41, 5.74) is -0.840. The molecule has 1 amide bonds. The van der Waals surface area contributed by atoms with Crippen molar-refractivity contribution in [3.63, 3.8) is 0 Å². The molecule has 4 heteroatoms. The van der Waals surface area contributed by atoms with Crippen molar-refractivity contribution < 1.29 is 14.6 Å². The average molecular weight is 215 g/mol. The van der Waals surface area contributed by atoms with Crippen LogP contribution in [0, 0.1) is 5.92 Å². The second kappa shape index (κ2) is 5.47. The highest BCUT2D eigenvalue weighted by atomic mass is 16.5. The molecular formula is C11H21NO3. The molecule has 1 atom stereocenters. The van der Waals surface area contributed by atoms with Crippen molar-refractivity contribution in [2.45, 2.75) is 38.7 Å². The lowest BCUT2D eigenvalue weighted by Crippen LogP contribution is -2.43. The molecule has 2 N–H and O–H groups in total. The number of carbonyl (C=O) groups is 1. The summed E-state index contributed by atoms with van der Waals surface area (Å²) in [7, 11) is 0. The Kier molecular flexibility index (Phi) is 4.54. The Morgan fingerprint density at radius 2 is 2.33 bits per heavy atom. The molecule has 0 saturated carbocycles. The van der Waals surface area contributed by atoms with E-state index in [-0.39, 0.29) is 5.91 Å². The van der Waals surface area contributed by atoms with E-state index >= 15 is 0 Å². The predicted octanol–water partition coefficient (Wildman–Crippen LogP) is 0.690. The van der Waals surface area contributed by atoms with Crippen molar-refractivity contribution >= 4 is 5.91 Å². The zero-order valence-electron chi connectivity index (χ0n) is 9.58. The Morgan fingerprint density at radius 1 is 1.60 bits per heavy atom. The summed E-state index contributed by atoms with van der Waals surface area (Å²) in [6.45, 7) is 5.40. The number of carbonyl (C=O) groups excluding carboxylic acids is 1. The van der Waals surface area contributed by atoms with Crippen LogP contribution in [-0.4, -0.2) is 36.4 Å². The molecule has 4 nitrogen and oxygen atoms in total. The van der Waals surface area contributed by atoms with Gasteiger partial charge in [-0.2, -0.15) is 0 Å². The van der Waals surface area contributed by atoms with Crippen LogP contribution in [0.5, 0.6) is 0 Å². The van der Waals surface area contributed by atoms with Crippen LogP contribution in [0.2, 0.25) is 0 Å². The minimum atomic E-state index is -0.840. The largest absolute Gasteiger partial charge is 0.386 e. The SMILES string of the molecule is CC(C)CCC(=O)NC[C@@]1(O)CCOC1. The summed E-state index contributed by atoms with van der Waals surface area (Å²) < 4.78 is 5.09. The average Bonchev–Trinajstić information content (AvgIpc) is 2.60. The molecule has 1 rings (SSSR count). The molecule has 0 bridgehead atoms. The lowest BCUT2D eigenvalue weighted by molar-refractivity contribution is -0.122. The fourth-order valence-electron chi connectivity index (χ4n) is 1.51. The number of hydrogen-bond donors (Lipinski definition) is 2. The van der Waals surface area contributed by atoms with Crippen LogP contribution >= 0.6 is 0 Å². The minimum absolute atomic E-state index is 0.0176. The molecule has 0 aliphatic carbocycles. The van der Waals surface area contributed by atoms with E-state index in [0.717, 1.165) is 6.42 Å². The van der Waals surface area contributed by atoms with E-state index < -0.39 is 5.60 Å². The molecule has 0 spiro atoms. The van der Waals surface area contributed by atoms with Gasteiger partial charge in [0, 0.05) is 26.0 Å². The first-order chi connectivity index (χ1) is 7.02. The number of ether oxygens (including phenoxy) is 1. The van der Waals surface area contributed by atoms with E-state index in [1.54, 1.807) is 0 Å². The Morgan fingerprint density at radius 3 is 2.87 bits per heavy atom. The zero-order chi connectivity index (χ0) is 11.3. The van der Waals surface area contributed by atoms with Crippen LogP contribution in [0.4, 0.5) is 0 Å². The maximum absolute atomic E-state index is 11.4. The van der Waals surface area contributed by atoms with Gasteiger partial charge in [0.2, 0.25) is 5.91 Å². The smallest absolute Gasteiger partial charge is 0.220 e. The third-order valence-corrected chi connectivity index (χ3v) is 2.65. The fourth-order valence-corrected chi connectivity index (χ4v) is 1.51. The van der Waals surface area contributed by atoms with Crippen LogP contribution in [0.3, 0.4) is 0 Å². The Labute approximate surface area is 91.0 Å². The second-order valence-electron chi connectivity index (χ2n) is 4.74. The van der Waals surface area contributed by atoms with Crippen molar-refractivity contribution in [3.8, 4) is 0 Å². The summed E-state index contributed by atoms with van der Waals surface area (Å²) in [6, 6.07) is 0. The van der Waals surface area contributed by atoms with Crippen molar-refractivity contribution in [2.24, 2.45) is 5.92 Å². The molecule has 0 aromatic rings. The van der Waals surface area contributed by atoms with Gasteiger partial charge in [-0.1, -0.05) is 13.8 Å². The van der Waals surface area contributed by atoms with Gasteiger partial charge in [0.05, 0.1) is 6.61 Å². The number of aliphatic hydroxyl groups is 1. The third-order valence-electron chi connectivity index (χ3n) is 2.65. The van der Waals surface area contributed by atoms with Crippen molar-refractivity contribution in [1.82, 2.24) is 5.32 Å². The van der Waals surface area contributed by atoms with Crippen LogP contribution in [0.15, 0.2) is 0 Å². The first-order valence-corrected chi connectivity index (χ1v) is 5.59. The van der Waals surface area contributed by atoms with Gasteiger partial charge in [0.15, 0.2) is 0 Å². The molecule has 0 aromatic carbocycles. The lowest BCUT2D eigenvalue weighted by atomic mass is 10.0. The van der Waals surface area contributed by atoms with E-state index in [4.69, 9.17) is 4.74 Å². The summed E-state index contributed by atoms with van der Waals surface area (Å²) in [6.07, 6.45) is 2.03.